The summed E-state index contributed by atoms with van der Waals surface area (Å²) in [6.45, 7) is 6.22. The average Bonchev–Trinajstić information content (AvgIpc) is 2.55. The minimum atomic E-state index is 0.0272. The topological polar surface area (TPSA) is 40.5 Å². The number of hydrogen-bond acceptors (Lipinski definition) is 2. The standard InChI is InChI=1S/C19H29NO2/c1-15(2)18-8-6-16(7-9-18)12-17(14-21)13-19(22)20-10-4-3-5-11-20/h6-9,15,17,21H,3-5,10-14H2,1-2H3/t17-/m1/s1. The van der Waals surface area contributed by atoms with Crippen LogP contribution < -0.4 is 0 Å². The van der Waals surface area contributed by atoms with Crippen LogP contribution in [0.15, 0.2) is 24.3 Å². The van der Waals surface area contributed by atoms with Crippen molar-refractivity contribution >= 4 is 5.91 Å². The molecule has 1 amide bonds. The summed E-state index contributed by atoms with van der Waals surface area (Å²) < 4.78 is 0. The molecule has 0 bridgehead atoms. The molecule has 1 aliphatic heterocycles. The Morgan fingerprint density at radius 1 is 1.14 bits per heavy atom. The van der Waals surface area contributed by atoms with Gasteiger partial charge in [-0.15, -0.1) is 0 Å². The van der Waals surface area contributed by atoms with Crippen LogP contribution in [0, 0.1) is 5.92 Å². The fraction of sp³-hybridized carbons (Fsp3) is 0.632. The summed E-state index contributed by atoms with van der Waals surface area (Å²) in [5.41, 5.74) is 2.53. The largest absolute Gasteiger partial charge is 0.396 e. The third kappa shape index (κ3) is 4.84. The lowest BCUT2D eigenvalue weighted by Crippen LogP contribution is -2.37. The maximum absolute atomic E-state index is 12.3. The Bertz CT molecular complexity index is 461. The minimum absolute atomic E-state index is 0.0272. The molecule has 3 heteroatoms. The Morgan fingerprint density at radius 2 is 1.77 bits per heavy atom. The van der Waals surface area contributed by atoms with E-state index in [9.17, 15) is 9.90 Å². The first-order valence-corrected chi connectivity index (χ1v) is 8.57. The number of amides is 1. The third-order valence-electron chi connectivity index (χ3n) is 4.60. The number of piperidine rings is 1. The summed E-state index contributed by atoms with van der Waals surface area (Å²) in [7, 11) is 0. The fourth-order valence-electron chi connectivity index (χ4n) is 3.09. The van der Waals surface area contributed by atoms with E-state index in [1.54, 1.807) is 0 Å². The lowest BCUT2D eigenvalue weighted by molar-refractivity contribution is -0.133. The molecular formula is C19H29NO2. The fourth-order valence-corrected chi connectivity index (χ4v) is 3.09. The van der Waals surface area contributed by atoms with Gasteiger partial charge in [0.25, 0.3) is 0 Å². The highest BCUT2D eigenvalue weighted by Crippen LogP contribution is 2.19. The molecule has 0 radical (unpaired) electrons. The normalized spacial score (nSPS) is 16.8. The van der Waals surface area contributed by atoms with Crippen LogP contribution in [0.3, 0.4) is 0 Å². The second-order valence-electron chi connectivity index (χ2n) is 6.79. The van der Waals surface area contributed by atoms with E-state index >= 15 is 0 Å². The molecule has 0 aromatic heterocycles. The van der Waals surface area contributed by atoms with Gasteiger partial charge in [-0.25, -0.2) is 0 Å². The van der Waals surface area contributed by atoms with Crippen LogP contribution in [0.4, 0.5) is 0 Å². The number of carbonyl (C=O) groups excluding carboxylic acids is 1. The van der Waals surface area contributed by atoms with Gasteiger partial charge in [0, 0.05) is 26.1 Å². The second-order valence-corrected chi connectivity index (χ2v) is 6.79. The van der Waals surface area contributed by atoms with Crippen molar-refractivity contribution in [3.8, 4) is 0 Å². The van der Waals surface area contributed by atoms with Gasteiger partial charge in [0.05, 0.1) is 0 Å². The van der Waals surface area contributed by atoms with E-state index < -0.39 is 0 Å². The Hall–Kier alpha value is -1.35. The molecule has 1 atom stereocenters. The van der Waals surface area contributed by atoms with Crippen molar-refractivity contribution < 1.29 is 9.90 Å². The van der Waals surface area contributed by atoms with Gasteiger partial charge in [-0.3, -0.25) is 4.79 Å². The summed E-state index contributed by atoms with van der Waals surface area (Å²) in [5.74, 6) is 0.764. The molecule has 22 heavy (non-hydrogen) atoms. The second kappa shape index (κ2) is 8.33. The molecule has 1 aromatic carbocycles. The van der Waals surface area contributed by atoms with Crippen LogP contribution >= 0.6 is 0 Å². The monoisotopic (exact) mass is 303 g/mol. The van der Waals surface area contributed by atoms with Gasteiger partial charge in [-0.2, -0.15) is 0 Å². The van der Waals surface area contributed by atoms with Crippen LogP contribution in [-0.2, 0) is 11.2 Å². The molecule has 0 unspecified atom stereocenters. The highest BCUT2D eigenvalue weighted by Gasteiger charge is 2.20. The zero-order chi connectivity index (χ0) is 15.9. The van der Waals surface area contributed by atoms with Crippen LogP contribution in [-0.4, -0.2) is 35.6 Å². The lowest BCUT2D eigenvalue weighted by Gasteiger charge is -2.28. The first-order chi connectivity index (χ1) is 10.6. The van der Waals surface area contributed by atoms with Crippen molar-refractivity contribution in [1.82, 2.24) is 4.90 Å². The molecule has 0 spiro atoms. The Balaban J connectivity index is 1.89. The van der Waals surface area contributed by atoms with Crippen molar-refractivity contribution in [2.24, 2.45) is 5.92 Å². The van der Waals surface area contributed by atoms with Crippen molar-refractivity contribution in [2.75, 3.05) is 19.7 Å². The summed E-state index contributed by atoms with van der Waals surface area (Å²) in [5, 5.41) is 9.61. The SMILES string of the molecule is CC(C)c1ccc(C[C@@H](CO)CC(=O)N2CCCCC2)cc1. The Morgan fingerprint density at radius 3 is 2.32 bits per heavy atom. The maximum atomic E-state index is 12.3. The van der Waals surface area contributed by atoms with Crippen molar-refractivity contribution in [3.63, 3.8) is 0 Å². The van der Waals surface area contributed by atoms with Gasteiger partial charge in [-0.05, 0) is 48.6 Å². The molecule has 3 nitrogen and oxygen atoms in total. The molecular weight excluding hydrogens is 274 g/mol. The van der Waals surface area contributed by atoms with Gasteiger partial charge in [0.15, 0.2) is 0 Å². The molecule has 1 fully saturated rings. The predicted molar refractivity (Wildman–Crippen MR) is 89.9 cm³/mol. The van der Waals surface area contributed by atoms with Crippen molar-refractivity contribution in [2.45, 2.75) is 51.9 Å². The Labute approximate surface area is 134 Å². The predicted octanol–water partition coefficient (Wildman–Crippen LogP) is 3.36. The zero-order valence-corrected chi connectivity index (χ0v) is 13.9. The van der Waals surface area contributed by atoms with E-state index in [-0.39, 0.29) is 18.4 Å². The van der Waals surface area contributed by atoms with Crippen molar-refractivity contribution in [1.29, 1.82) is 0 Å². The first-order valence-electron chi connectivity index (χ1n) is 8.57. The van der Waals surface area contributed by atoms with Crippen LogP contribution in [0.1, 0.15) is 56.6 Å². The van der Waals surface area contributed by atoms with Gasteiger partial charge in [0.2, 0.25) is 5.91 Å². The Kier molecular flexibility index (Phi) is 6.44. The van der Waals surface area contributed by atoms with E-state index in [0.717, 1.165) is 32.4 Å². The molecule has 0 aliphatic carbocycles. The number of likely N-dealkylation sites (tertiary alicyclic amines) is 1. The maximum Gasteiger partial charge on any atom is 0.222 e. The van der Waals surface area contributed by atoms with Crippen molar-refractivity contribution in [3.05, 3.63) is 35.4 Å². The zero-order valence-electron chi connectivity index (χ0n) is 13.9. The van der Waals surface area contributed by atoms with Crippen LogP contribution in [0.5, 0.6) is 0 Å². The molecule has 1 saturated heterocycles. The molecule has 1 aliphatic rings. The summed E-state index contributed by atoms with van der Waals surface area (Å²) in [4.78, 5) is 14.3. The summed E-state index contributed by atoms with van der Waals surface area (Å²) >= 11 is 0. The number of aliphatic hydroxyl groups is 1. The van der Waals surface area contributed by atoms with Gasteiger partial charge in [-0.1, -0.05) is 38.1 Å². The van der Waals surface area contributed by atoms with E-state index in [2.05, 4.69) is 38.1 Å². The molecule has 122 valence electrons. The van der Waals surface area contributed by atoms with Crippen LogP contribution in [0.25, 0.3) is 0 Å². The number of carbonyl (C=O) groups is 1. The average molecular weight is 303 g/mol. The van der Waals surface area contributed by atoms with E-state index in [4.69, 9.17) is 0 Å². The molecule has 2 rings (SSSR count). The summed E-state index contributed by atoms with van der Waals surface area (Å²) in [6.07, 6.45) is 4.70. The number of hydrogen-bond donors (Lipinski definition) is 1. The molecule has 0 saturated carbocycles. The molecule has 1 N–H and O–H groups in total. The lowest BCUT2D eigenvalue weighted by atomic mass is 9.94. The number of rotatable bonds is 6. The first kappa shape index (κ1) is 17.0. The number of aliphatic hydroxyl groups excluding tert-OH is 1. The number of benzene rings is 1. The quantitative estimate of drug-likeness (QED) is 0.875. The van der Waals surface area contributed by atoms with E-state index in [1.807, 2.05) is 4.90 Å². The summed E-state index contributed by atoms with van der Waals surface area (Å²) in [6, 6.07) is 8.56. The van der Waals surface area contributed by atoms with Gasteiger partial charge in [0.1, 0.15) is 0 Å². The highest BCUT2D eigenvalue weighted by atomic mass is 16.3. The van der Waals surface area contributed by atoms with E-state index in [1.165, 1.54) is 17.5 Å². The van der Waals surface area contributed by atoms with Gasteiger partial charge >= 0.3 is 0 Å². The molecule has 1 aromatic rings. The highest BCUT2D eigenvalue weighted by molar-refractivity contribution is 5.76. The number of nitrogens with zero attached hydrogens (tertiary/aromatic N) is 1. The third-order valence-corrected chi connectivity index (χ3v) is 4.60. The van der Waals surface area contributed by atoms with Gasteiger partial charge < -0.3 is 10.0 Å². The van der Waals surface area contributed by atoms with E-state index in [0.29, 0.717) is 12.3 Å². The smallest absolute Gasteiger partial charge is 0.222 e. The minimum Gasteiger partial charge on any atom is -0.396 e. The molecule has 1 heterocycles. The van der Waals surface area contributed by atoms with Crippen LogP contribution in [0.2, 0.25) is 0 Å².